The number of aromatic nitrogens is 5. The molecule has 10 rings (SSSR count). The Hall–Kier alpha value is -6.59. The molecule has 5 heteroatoms. The van der Waals surface area contributed by atoms with Crippen LogP contribution in [0.1, 0.15) is 0 Å². The highest BCUT2D eigenvalue weighted by atomic mass is 15.2. The van der Waals surface area contributed by atoms with Crippen molar-refractivity contribution in [3.63, 3.8) is 0 Å². The summed E-state index contributed by atoms with van der Waals surface area (Å²) in [6.45, 7) is 0. The fourth-order valence-corrected chi connectivity index (χ4v) is 7.29. The van der Waals surface area contributed by atoms with Crippen molar-refractivity contribution in [1.29, 1.82) is 0 Å². The molecule has 0 aliphatic rings. The fraction of sp³-hybridized carbons (Fsp3) is 0. The van der Waals surface area contributed by atoms with Crippen molar-refractivity contribution < 1.29 is 0 Å². The molecule has 0 saturated heterocycles. The van der Waals surface area contributed by atoms with Crippen molar-refractivity contribution in [2.24, 2.45) is 0 Å². The molecular weight excluding hydrogens is 587 g/mol. The van der Waals surface area contributed by atoms with Gasteiger partial charge >= 0.3 is 0 Å². The number of pyridine rings is 1. The van der Waals surface area contributed by atoms with Crippen LogP contribution >= 0.6 is 0 Å². The highest BCUT2D eigenvalue weighted by Gasteiger charge is 2.20. The van der Waals surface area contributed by atoms with Gasteiger partial charge < -0.3 is 4.57 Å². The van der Waals surface area contributed by atoms with Crippen molar-refractivity contribution in [3.05, 3.63) is 164 Å². The van der Waals surface area contributed by atoms with Crippen LogP contribution in [0.2, 0.25) is 0 Å². The Morgan fingerprint density at radius 2 is 1.17 bits per heavy atom. The predicted molar refractivity (Wildman–Crippen MR) is 197 cm³/mol. The SMILES string of the molecule is c1ccc(-c2nc(-n3c4cc(-c5cccc6c7ccccc7n(-c7ccccc7)c56)ccc4c4ncccc43)nc3ccccc23)cc1. The Morgan fingerprint density at radius 1 is 0.438 bits per heavy atom. The minimum Gasteiger partial charge on any atom is -0.309 e. The third-order valence-corrected chi connectivity index (χ3v) is 9.38. The van der Waals surface area contributed by atoms with E-state index >= 15 is 0 Å². The molecule has 4 heterocycles. The molecule has 0 aliphatic carbocycles. The summed E-state index contributed by atoms with van der Waals surface area (Å²) in [5, 5.41) is 4.53. The molecule has 0 atom stereocenters. The molecular formula is C43H27N5. The Bertz CT molecular complexity index is 2830. The first-order chi connectivity index (χ1) is 23.8. The molecule has 0 amide bonds. The molecule has 0 spiro atoms. The van der Waals surface area contributed by atoms with Crippen molar-refractivity contribution in [3.8, 4) is 34.0 Å². The monoisotopic (exact) mass is 613 g/mol. The summed E-state index contributed by atoms with van der Waals surface area (Å²) >= 11 is 0. The van der Waals surface area contributed by atoms with E-state index in [0.717, 1.165) is 60.9 Å². The number of benzene rings is 6. The third-order valence-electron chi connectivity index (χ3n) is 9.38. The zero-order valence-electron chi connectivity index (χ0n) is 25.8. The van der Waals surface area contributed by atoms with Crippen LogP contribution in [0, 0.1) is 0 Å². The van der Waals surface area contributed by atoms with E-state index in [2.05, 4.69) is 143 Å². The Labute approximate surface area is 276 Å². The summed E-state index contributed by atoms with van der Waals surface area (Å²) < 4.78 is 4.56. The number of hydrogen-bond donors (Lipinski definition) is 0. The summed E-state index contributed by atoms with van der Waals surface area (Å²) in [4.78, 5) is 15.3. The van der Waals surface area contributed by atoms with Crippen molar-refractivity contribution >= 4 is 54.6 Å². The van der Waals surface area contributed by atoms with E-state index in [9.17, 15) is 0 Å². The van der Waals surface area contributed by atoms with Gasteiger partial charge in [-0.05, 0) is 54.1 Å². The van der Waals surface area contributed by atoms with Crippen LogP contribution in [-0.2, 0) is 0 Å². The largest absolute Gasteiger partial charge is 0.309 e. The van der Waals surface area contributed by atoms with Gasteiger partial charge in [0.15, 0.2) is 0 Å². The Kier molecular flexibility index (Phi) is 5.81. The van der Waals surface area contributed by atoms with Crippen LogP contribution in [0.5, 0.6) is 0 Å². The second-order valence-corrected chi connectivity index (χ2v) is 12.1. The highest BCUT2D eigenvalue weighted by Crippen LogP contribution is 2.40. The van der Waals surface area contributed by atoms with Gasteiger partial charge in [-0.2, -0.15) is 0 Å². The number of nitrogens with zero attached hydrogens (tertiary/aromatic N) is 5. The van der Waals surface area contributed by atoms with Gasteiger partial charge in [0, 0.05) is 44.6 Å². The van der Waals surface area contributed by atoms with Crippen LogP contribution in [0.3, 0.4) is 0 Å². The van der Waals surface area contributed by atoms with Gasteiger partial charge in [0.05, 0.1) is 38.8 Å². The van der Waals surface area contributed by atoms with Gasteiger partial charge in [-0.15, -0.1) is 0 Å². The molecule has 224 valence electrons. The first-order valence-electron chi connectivity index (χ1n) is 16.1. The fourth-order valence-electron chi connectivity index (χ4n) is 7.29. The summed E-state index contributed by atoms with van der Waals surface area (Å²) in [5.41, 5.74) is 11.5. The molecule has 0 radical (unpaired) electrons. The Balaban J connectivity index is 1.28. The van der Waals surface area contributed by atoms with Crippen LogP contribution < -0.4 is 0 Å². The smallest absolute Gasteiger partial charge is 0.235 e. The van der Waals surface area contributed by atoms with Gasteiger partial charge in [0.25, 0.3) is 0 Å². The lowest BCUT2D eigenvalue weighted by Gasteiger charge is -2.13. The van der Waals surface area contributed by atoms with Gasteiger partial charge in [-0.3, -0.25) is 9.55 Å². The molecule has 0 N–H and O–H groups in total. The Morgan fingerprint density at radius 3 is 2.04 bits per heavy atom. The molecule has 48 heavy (non-hydrogen) atoms. The number of hydrogen-bond acceptors (Lipinski definition) is 3. The molecule has 10 aromatic rings. The van der Waals surface area contributed by atoms with E-state index < -0.39 is 0 Å². The number of fused-ring (bicyclic) bond motifs is 7. The average molecular weight is 614 g/mol. The molecule has 0 fully saturated rings. The van der Waals surface area contributed by atoms with E-state index in [-0.39, 0.29) is 0 Å². The van der Waals surface area contributed by atoms with Crippen molar-refractivity contribution in [2.75, 3.05) is 0 Å². The normalized spacial score (nSPS) is 11.8. The van der Waals surface area contributed by atoms with E-state index in [1.54, 1.807) is 0 Å². The number of rotatable bonds is 4. The molecule has 0 saturated carbocycles. The molecule has 0 unspecified atom stereocenters. The van der Waals surface area contributed by atoms with Gasteiger partial charge in [0.2, 0.25) is 5.95 Å². The van der Waals surface area contributed by atoms with Crippen LogP contribution in [0.25, 0.3) is 88.7 Å². The van der Waals surface area contributed by atoms with Crippen LogP contribution in [0.4, 0.5) is 0 Å². The standard InChI is InChI=1S/C43H27N5/c1-3-13-28(14-4-1)40-34-18-7-9-21-36(34)45-43(46-40)48-38-23-12-26-44-41(38)35-25-24-29(27-39(35)48)31-19-11-20-33-32-17-8-10-22-37(32)47(42(31)33)30-15-5-2-6-16-30/h1-27H. The quantitative estimate of drug-likeness (QED) is 0.198. The third kappa shape index (κ3) is 3.94. The highest BCUT2D eigenvalue weighted by molar-refractivity contribution is 6.15. The summed E-state index contributed by atoms with van der Waals surface area (Å²) in [6.07, 6.45) is 1.86. The molecule has 4 aromatic heterocycles. The summed E-state index contributed by atoms with van der Waals surface area (Å²) in [7, 11) is 0. The predicted octanol–water partition coefficient (Wildman–Crippen LogP) is 10.6. The van der Waals surface area contributed by atoms with E-state index in [4.69, 9.17) is 15.0 Å². The summed E-state index contributed by atoms with van der Waals surface area (Å²) in [6, 6.07) is 55.3. The average Bonchev–Trinajstić information content (AvgIpc) is 3.68. The zero-order chi connectivity index (χ0) is 31.6. The molecule has 0 bridgehead atoms. The molecule has 0 aliphatic heterocycles. The number of para-hydroxylation sites is 4. The van der Waals surface area contributed by atoms with E-state index in [0.29, 0.717) is 5.95 Å². The first-order valence-corrected chi connectivity index (χ1v) is 16.1. The topological polar surface area (TPSA) is 48.5 Å². The second-order valence-electron chi connectivity index (χ2n) is 12.1. The minimum absolute atomic E-state index is 0.620. The maximum absolute atomic E-state index is 5.27. The lowest BCUT2D eigenvalue weighted by atomic mass is 10.0. The van der Waals surface area contributed by atoms with Crippen LogP contribution in [0.15, 0.2) is 164 Å². The van der Waals surface area contributed by atoms with E-state index in [1.165, 1.54) is 21.8 Å². The van der Waals surface area contributed by atoms with Gasteiger partial charge in [-0.1, -0.05) is 109 Å². The molecule has 6 aromatic carbocycles. The minimum atomic E-state index is 0.620. The lowest BCUT2D eigenvalue weighted by Crippen LogP contribution is -2.03. The lowest BCUT2D eigenvalue weighted by molar-refractivity contribution is 1.01. The molecule has 5 nitrogen and oxygen atoms in total. The maximum Gasteiger partial charge on any atom is 0.235 e. The second kappa shape index (κ2) is 10.5. The van der Waals surface area contributed by atoms with Crippen LogP contribution in [-0.4, -0.2) is 24.1 Å². The van der Waals surface area contributed by atoms with E-state index in [1.807, 2.05) is 30.5 Å². The summed E-state index contributed by atoms with van der Waals surface area (Å²) in [5.74, 6) is 0.620. The zero-order valence-corrected chi connectivity index (χ0v) is 25.8. The van der Waals surface area contributed by atoms with Crippen molar-refractivity contribution in [2.45, 2.75) is 0 Å². The van der Waals surface area contributed by atoms with Crippen molar-refractivity contribution in [1.82, 2.24) is 24.1 Å². The first kappa shape index (κ1) is 26.6. The van der Waals surface area contributed by atoms with Gasteiger partial charge in [0.1, 0.15) is 0 Å². The maximum atomic E-state index is 5.27. The van der Waals surface area contributed by atoms with Gasteiger partial charge in [-0.25, -0.2) is 9.97 Å².